The zero-order valence-electron chi connectivity index (χ0n) is 12.4. The van der Waals surface area contributed by atoms with E-state index in [4.69, 9.17) is 5.11 Å². The van der Waals surface area contributed by atoms with Gasteiger partial charge in [-0.25, -0.2) is 4.72 Å². The summed E-state index contributed by atoms with van der Waals surface area (Å²) in [5.74, 6) is 5.78. The van der Waals surface area contributed by atoms with Crippen molar-refractivity contribution in [2.24, 2.45) is 0 Å². The topological polar surface area (TPSA) is 78.4 Å². The molecular weight excluding hydrogens is 288 g/mol. The molecule has 0 aliphatic rings. The lowest BCUT2D eigenvalue weighted by Crippen LogP contribution is -2.38. The van der Waals surface area contributed by atoms with E-state index in [9.17, 15) is 8.42 Å². The highest BCUT2D eigenvalue weighted by Gasteiger charge is 2.14. The molecule has 0 aromatic heterocycles. The highest BCUT2D eigenvalue weighted by molar-refractivity contribution is 7.87. The van der Waals surface area contributed by atoms with Gasteiger partial charge in [0.05, 0.1) is 6.61 Å². The van der Waals surface area contributed by atoms with Crippen LogP contribution in [0.25, 0.3) is 0 Å². The van der Waals surface area contributed by atoms with E-state index >= 15 is 0 Å². The van der Waals surface area contributed by atoms with Crippen LogP contribution in [0.1, 0.15) is 43.9 Å². The van der Waals surface area contributed by atoms with Crippen molar-refractivity contribution in [2.75, 3.05) is 13.2 Å². The first kappa shape index (κ1) is 17.7. The van der Waals surface area contributed by atoms with Gasteiger partial charge in [0.25, 0.3) is 10.2 Å². The number of aliphatic hydroxyl groups is 1. The zero-order chi connectivity index (χ0) is 15.7. The Morgan fingerprint density at radius 1 is 1.38 bits per heavy atom. The summed E-state index contributed by atoms with van der Waals surface area (Å²) in [5, 5.41) is 8.70. The molecule has 0 radical (unpaired) electrons. The number of hydrogen-bond acceptors (Lipinski definition) is 3. The Bertz CT molecular complexity index is 603. The van der Waals surface area contributed by atoms with Crippen molar-refractivity contribution < 1.29 is 13.5 Å². The zero-order valence-corrected chi connectivity index (χ0v) is 13.2. The lowest BCUT2D eigenvalue weighted by Gasteiger charge is -2.15. The Labute approximate surface area is 127 Å². The fourth-order valence-corrected chi connectivity index (χ4v) is 2.84. The molecule has 1 unspecified atom stereocenters. The van der Waals surface area contributed by atoms with Crippen LogP contribution in [0, 0.1) is 11.8 Å². The summed E-state index contributed by atoms with van der Waals surface area (Å²) >= 11 is 0. The summed E-state index contributed by atoms with van der Waals surface area (Å²) in [6.07, 6.45) is 1.17. The number of rotatable bonds is 7. The number of nitrogens with one attached hydrogen (secondary N) is 2. The van der Waals surface area contributed by atoms with Crippen molar-refractivity contribution >= 4 is 10.2 Å². The Balaban J connectivity index is 2.77. The molecule has 6 heteroatoms. The van der Waals surface area contributed by atoms with Crippen LogP contribution in [0.15, 0.2) is 24.3 Å². The number of hydrogen-bond donors (Lipinski definition) is 3. The van der Waals surface area contributed by atoms with Gasteiger partial charge in [-0.2, -0.15) is 13.1 Å². The summed E-state index contributed by atoms with van der Waals surface area (Å²) < 4.78 is 28.6. The van der Waals surface area contributed by atoms with E-state index in [1.165, 1.54) is 0 Å². The minimum atomic E-state index is -3.49. The van der Waals surface area contributed by atoms with Crippen LogP contribution in [0.4, 0.5) is 0 Å². The van der Waals surface area contributed by atoms with Gasteiger partial charge in [-0.05, 0) is 31.0 Å². The Morgan fingerprint density at radius 2 is 2.14 bits per heavy atom. The lowest BCUT2D eigenvalue weighted by molar-refractivity contribution is 0.305. The molecule has 1 atom stereocenters. The highest BCUT2D eigenvalue weighted by Crippen LogP contribution is 2.14. The van der Waals surface area contributed by atoms with Gasteiger partial charge in [-0.3, -0.25) is 0 Å². The van der Waals surface area contributed by atoms with Crippen LogP contribution in [0.5, 0.6) is 0 Å². The van der Waals surface area contributed by atoms with E-state index in [0.717, 1.165) is 17.5 Å². The first-order valence-electron chi connectivity index (χ1n) is 6.95. The normalized spacial score (nSPS) is 12.5. The fraction of sp³-hybridized carbons (Fsp3) is 0.467. The Kier molecular flexibility index (Phi) is 7.40. The van der Waals surface area contributed by atoms with Crippen molar-refractivity contribution in [1.82, 2.24) is 9.44 Å². The third-order valence-electron chi connectivity index (χ3n) is 2.73. The molecule has 21 heavy (non-hydrogen) atoms. The molecule has 0 aliphatic heterocycles. The van der Waals surface area contributed by atoms with Crippen molar-refractivity contribution in [3.63, 3.8) is 0 Å². The molecule has 0 saturated heterocycles. The molecule has 0 amide bonds. The predicted octanol–water partition coefficient (Wildman–Crippen LogP) is 1.32. The summed E-state index contributed by atoms with van der Waals surface area (Å²) in [7, 11) is -3.49. The minimum absolute atomic E-state index is 0.0337. The second-order valence-corrected chi connectivity index (χ2v) is 6.17. The van der Waals surface area contributed by atoms with Crippen molar-refractivity contribution in [2.45, 2.75) is 32.7 Å². The number of aliphatic hydroxyl groups excluding tert-OH is 1. The van der Waals surface area contributed by atoms with Gasteiger partial charge in [0, 0.05) is 24.6 Å². The third kappa shape index (κ3) is 6.74. The molecular formula is C15H22N2O3S. The van der Waals surface area contributed by atoms with Crippen molar-refractivity contribution in [3.8, 4) is 11.8 Å². The van der Waals surface area contributed by atoms with E-state index in [0.29, 0.717) is 13.0 Å². The smallest absolute Gasteiger partial charge is 0.277 e. The van der Waals surface area contributed by atoms with Gasteiger partial charge < -0.3 is 5.11 Å². The molecule has 0 fully saturated rings. The molecule has 0 spiro atoms. The first-order valence-corrected chi connectivity index (χ1v) is 8.43. The van der Waals surface area contributed by atoms with Crippen LogP contribution in [0.2, 0.25) is 0 Å². The van der Waals surface area contributed by atoms with Gasteiger partial charge in [-0.1, -0.05) is 30.9 Å². The molecule has 116 valence electrons. The maximum absolute atomic E-state index is 11.8. The third-order valence-corrected chi connectivity index (χ3v) is 3.98. The maximum atomic E-state index is 11.8. The second-order valence-electron chi connectivity index (χ2n) is 4.64. The molecule has 1 aromatic rings. The second kappa shape index (κ2) is 8.80. The van der Waals surface area contributed by atoms with E-state index in [2.05, 4.69) is 21.3 Å². The number of benzene rings is 1. The summed E-state index contributed by atoms with van der Waals surface area (Å²) in [6, 6.07) is 7.04. The van der Waals surface area contributed by atoms with E-state index in [1.807, 2.05) is 31.2 Å². The van der Waals surface area contributed by atoms with Gasteiger partial charge in [0.2, 0.25) is 0 Å². The largest absolute Gasteiger partial charge is 0.395 e. The van der Waals surface area contributed by atoms with E-state index < -0.39 is 10.2 Å². The predicted molar refractivity (Wildman–Crippen MR) is 83.8 cm³/mol. The van der Waals surface area contributed by atoms with Crippen LogP contribution in [0.3, 0.4) is 0 Å². The van der Waals surface area contributed by atoms with Crippen LogP contribution in [-0.4, -0.2) is 26.7 Å². The molecule has 1 rings (SSSR count). The van der Waals surface area contributed by atoms with E-state index in [-0.39, 0.29) is 12.6 Å². The lowest BCUT2D eigenvalue weighted by atomic mass is 10.1. The summed E-state index contributed by atoms with van der Waals surface area (Å²) in [4.78, 5) is 0. The summed E-state index contributed by atoms with van der Waals surface area (Å²) in [6.45, 7) is 4.13. The average Bonchev–Trinajstić information content (AvgIpc) is 2.45. The van der Waals surface area contributed by atoms with Crippen LogP contribution < -0.4 is 9.44 Å². The molecule has 0 heterocycles. The van der Waals surface area contributed by atoms with Crippen molar-refractivity contribution in [1.29, 1.82) is 0 Å². The molecule has 0 aliphatic carbocycles. The minimum Gasteiger partial charge on any atom is -0.395 e. The first-order chi connectivity index (χ1) is 9.98. The maximum Gasteiger partial charge on any atom is 0.277 e. The molecule has 1 aromatic carbocycles. The van der Waals surface area contributed by atoms with Gasteiger partial charge >= 0.3 is 0 Å². The van der Waals surface area contributed by atoms with Gasteiger partial charge in [0.15, 0.2) is 0 Å². The molecule has 3 N–H and O–H groups in total. The SMILES string of the molecule is CCCNS(=O)(=O)NC(C)c1cccc(C#CCCO)c1. The van der Waals surface area contributed by atoms with Gasteiger partial charge in [-0.15, -0.1) is 0 Å². The average molecular weight is 310 g/mol. The van der Waals surface area contributed by atoms with Gasteiger partial charge in [0.1, 0.15) is 0 Å². The highest BCUT2D eigenvalue weighted by atomic mass is 32.2. The van der Waals surface area contributed by atoms with Crippen molar-refractivity contribution in [3.05, 3.63) is 35.4 Å². The van der Waals surface area contributed by atoms with Crippen LogP contribution in [-0.2, 0) is 10.2 Å². The Morgan fingerprint density at radius 3 is 2.81 bits per heavy atom. The molecule has 5 nitrogen and oxygen atoms in total. The van der Waals surface area contributed by atoms with E-state index in [1.54, 1.807) is 6.92 Å². The Hall–Kier alpha value is -1.39. The quantitative estimate of drug-likeness (QED) is 0.665. The molecule has 0 bridgehead atoms. The van der Waals surface area contributed by atoms with Crippen LogP contribution >= 0.6 is 0 Å². The molecule has 0 saturated carbocycles. The monoisotopic (exact) mass is 310 g/mol. The standard InChI is InChI=1S/C15H22N2O3S/c1-3-10-16-21(19,20)17-13(2)15-9-6-8-14(12-15)7-4-5-11-18/h6,8-9,12-13,16-18H,3,5,10-11H2,1-2H3. The summed E-state index contributed by atoms with van der Waals surface area (Å²) in [5.41, 5.74) is 1.64. The fourth-order valence-electron chi connectivity index (χ4n) is 1.69.